The van der Waals surface area contributed by atoms with Gasteiger partial charge in [0.05, 0.1) is 0 Å². The van der Waals surface area contributed by atoms with Crippen LogP contribution in [-0.2, 0) is 0 Å². The number of rotatable bonds is 3. The van der Waals surface area contributed by atoms with E-state index in [1.54, 1.807) is 0 Å². The lowest BCUT2D eigenvalue weighted by Crippen LogP contribution is -2.41. The van der Waals surface area contributed by atoms with E-state index < -0.39 is 0 Å². The van der Waals surface area contributed by atoms with E-state index in [1.165, 1.54) is 11.3 Å². The molecular weight excluding hydrogens is 272 g/mol. The molecule has 0 spiro atoms. The Morgan fingerprint density at radius 1 is 1.45 bits per heavy atom. The second-order valence-electron chi connectivity index (χ2n) is 6.18. The van der Waals surface area contributed by atoms with Crippen molar-refractivity contribution in [2.75, 3.05) is 37.3 Å². The largest absolute Gasteiger partial charge is 0.382 e. The van der Waals surface area contributed by atoms with Crippen LogP contribution in [0.4, 0.5) is 10.9 Å². The van der Waals surface area contributed by atoms with E-state index in [9.17, 15) is 4.79 Å². The van der Waals surface area contributed by atoms with Crippen molar-refractivity contribution in [1.82, 2.24) is 9.88 Å². The predicted molar refractivity (Wildman–Crippen MR) is 84.4 cm³/mol. The first-order valence-corrected chi connectivity index (χ1v) is 7.92. The zero-order valence-electron chi connectivity index (χ0n) is 12.8. The highest BCUT2D eigenvalue weighted by Crippen LogP contribution is 2.33. The van der Waals surface area contributed by atoms with Gasteiger partial charge in [0, 0.05) is 26.7 Å². The fourth-order valence-corrected chi connectivity index (χ4v) is 3.21. The monoisotopic (exact) mass is 296 g/mol. The highest BCUT2D eigenvalue weighted by molar-refractivity contribution is 7.18. The summed E-state index contributed by atoms with van der Waals surface area (Å²) in [4.78, 5) is 21.3. The number of nitrogen functional groups attached to an aromatic ring is 1. The van der Waals surface area contributed by atoms with Gasteiger partial charge in [0.25, 0.3) is 5.91 Å². The van der Waals surface area contributed by atoms with Crippen LogP contribution < -0.4 is 10.6 Å². The minimum Gasteiger partial charge on any atom is -0.382 e. The van der Waals surface area contributed by atoms with E-state index in [-0.39, 0.29) is 5.91 Å². The minimum absolute atomic E-state index is 0.0336. The Hall–Kier alpha value is -1.30. The zero-order chi connectivity index (χ0) is 14.9. The van der Waals surface area contributed by atoms with Crippen LogP contribution in [0.25, 0.3) is 0 Å². The van der Waals surface area contributed by atoms with Gasteiger partial charge in [0.2, 0.25) is 0 Å². The number of likely N-dealkylation sites (tertiary alicyclic amines) is 1. The summed E-state index contributed by atoms with van der Waals surface area (Å²) in [7, 11) is 1.95. The number of hydrogen-bond donors (Lipinski definition) is 1. The first-order chi connectivity index (χ1) is 9.34. The molecule has 0 aromatic carbocycles. The van der Waals surface area contributed by atoms with Crippen molar-refractivity contribution in [1.29, 1.82) is 0 Å². The van der Waals surface area contributed by atoms with E-state index in [0.29, 0.717) is 16.1 Å². The third-order valence-electron chi connectivity index (χ3n) is 4.04. The molecule has 1 aromatic heterocycles. The second-order valence-corrected chi connectivity index (χ2v) is 7.16. The Balaban J connectivity index is 2.12. The zero-order valence-corrected chi connectivity index (χ0v) is 13.6. The highest BCUT2D eigenvalue weighted by atomic mass is 32.1. The van der Waals surface area contributed by atoms with Crippen molar-refractivity contribution < 1.29 is 4.79 Å². The molecule has 1 saturated heterocycles. The number of thiazole rings is 1. The molecule has 2 N–H and O–H groups in total. The maximum atomic E-state index is 12.6. The molecule has 20 heavy (non-hydrogen) atoms. The molecular formula is C14H24N4OS. The van der Waals surface area contributed by atoms with Crippen molar-refractivity contribution >= 4 is 28.2 Å². The molecule has 1 aromatic rings. The molecule has 2 heterocycles. The molecule has 1 aliphatic heterocycles. The average molecular weight is 296 g/mol. The summed E-state index contributed by atoms with van der Waals surface area (Å²) >= 11 is 1.39. The van der Waals surface area contributed by atoms with Gasteiger partial charge in [-0.15, -0.1) is 0 Å². The van der Waals surface area contributed by atoms with Gasteiger partial charge in [-0.3, -0.25) is 4.79 Å². The lowest BCUT2D eigenvalue weighted by molar-refractivity contribution is 0.0636. The topological polar surface area (TPSA) is 62.5 Å². The minimum atomic E-state index is 0.0336. The number of hydrogen-bond acceptors (Lipinski definition) is 5. The van der Waals surface area contributed by atoms with Gasteiger partial charge in [-0.25, -0.2) is 4.98 Å². The lowest BCUT2D eigenvalue weighted by Gasteiger charge is -2.36. The molecule has 2 rings (SSSR count). The average Bonchev–Trinajstić information content (AvgIpc) is 2.79. The van der Waals surface area contributed by atoms with Crippen LogP contribution in [0.3, 0.4) is 0 Å². The SMILES string of the molecule is CCN(C)c1nc(N)c(C(=O)N2CCC(C)(C)CC2)s1. The van der Waals surface area contributed by atoms with Crippen molar-refractivity contribution in [2.45, 2.75) is 33.6 Å². The molecule has 0 unspecified atom stereocenters. The Kier molecular flexibility index (Phi) is 4.22. The second kappa shape index (κ2) is 5.60. The number of amides is 1. The molecule has 1 aliphatic rings. The molecule has 0 bridgehead atoms. The van der Waals surface area contributed by atoms with Crippen LogP contribution in [0.1, 0.15) is 43.3 Å². The smallest absolute Gasteiger partial charge is 0.267 e. The van der Waals surface area contributed by atoms with Crippen molar-refractivity contribution in [3.8, 4) is 0 Å². The molecule has 0 radical (unpaired) electrons. The van der Waals surface area contributed by atoms with Gasteiger partial charge in [0.1, 0.15) is 10.7 Å². The number of nitrogens with zero attached hydrogens (tertiary/aromatic N) is 3. The first-order valence-electron chi connectivity index (χ1n) is 7.11. The summed E-state index contributed by atoms with van der Waals surface area (Å²) in [5.41, 5.74) is 6.26. The summed E-state index contributed by atoms with van der Waals surface area (Å²) in [5.74, 6) is 0.395. The van der Waals surface area contributed by atoms with Crippen molar-refractivity contribution in [3.05, 3.63) is 4.88 Å². The molecule has 0 saturated carbocycles. The van der Waals surface area contributed by atoms with Gasteiger partial charge in [-0.05, 0) is 25.2 Å². The molecule has 5 nitrogen and oxygen atoms in total. The van der Waals surface area contributed by atoms with Crippen molar-refractivity contribution in [2.24, 2.45) is 5.41 Å². The fraction of sp³-hybridized carbons (Fsp3) is 0.714. The summed E-state index contributed by atoms with van der Waals surface area (Å²) in [5, 5.41) is 0.811. The maximum absolute atomic E-state index is 12.6. The number of anilines is 2. The Morgan fingerprint density at radius 2 is 2.05 bits per heavy atom. The van der Waals surface area contributed by atoms with Gasteiger partial charge in [-0.1, -0.05) is 25.2 Å². The first kappa shape index (κ1) is 15.1. The molecule has 1 amide bonds. The summed E-state index contributed by atoms with van der Waals surface area (Å²) in [6, 6.07) is 0. The van der Waals surface area contributed by atoms with E-state index in [0.717, 1.165) is 37.6 Å². The third-order valence-corrected chi connectivity index (χ3v) is 5.21. The highest BCUT2D eigenvalue weighted by Gasteiger charge is 2.30. The van der Waals surface area contributed by atoms with Crippen LogP contribution >= 0.6 is 11.3 Å². The quantitative estimate of drug-likeness (QED) is 0.930. The number of carbonyl (C=O) groups is 1. The van der Waals surface area contributed by atoms with Crippen LogP contribution in [0, 0.1) is 5.41 Å². The third kappa shape index (κ3) is 3.06. The number of aromatic nitrogens is 1. The lowest BCUT2D eigenvalue weighted by atomic mass is 9.82. The Labute approximate surface area is 124 Å². The molecule has 1 fully saturated rings. The molecule has 0 atom stereocenters. The van der Waals surface area contributed by atoms with Crippen LogP contribution in [0.5, 0.6) is 0 Å². The van der Waals surface area contributed by atoms with Crippen LogP contribution in [-0.4, -0.2) is 42.5 Å². The predicted octanol–water partition coefficient (Wildman–Crippen LogP) is 2.44. The molecule has 6 heteroatoms. The van der Waals surface area contributed by atoms with Gasteiger partial charge in [0.15, 0.2) is 5.13 Å². The molecule has 112 valence electrons. The standard InChI is InChI=1S/C14H24N4OS/c1-5-17(4)13-16-11(15)10(20-13)12(19)18-8-6-14(2,3)7-9-18/h5-9,15H2,1-4H3. The van der Waals surface area contributed by atoms with E-state index in [1.807, 2.05) is 23.8 Å². The number of nitrogens with two attached hydrogens (primary N) is 1. The van der Waals surface area contributed by atoms with Gasteiger partial charge >= 0.3 is 0 Å². The Morgan fingerprint density at radius 3 is 2.60 bits per heavy atom. The Bertz CT molecular complexity index is 487. The van der Waals surface area contributed by atoms with E-state index >= 15 is 0 Å². The number of piperidine rings is 1. The van der Waals surface area contributed by atoms with Crippen molar-refractivity contribution in [3.63, 3.8) is 0 Å². The summed E-state index contributed by atoms with van der Waals surface area (Å²) < 4.78 is 0. The van der Waals surface area contributed by atoms with E-state index in [4.69, 9.17) is 5.73 Å². The van der Waals surface area contributed by atoms with E-state index in [2.05, 4.69) is 18.8 Å². The number of carbonyl (C=O) groups excluding carboxylic acids is 1. The van der Waals surface area contributed by atoms with Crippen LogP contribution in [0.2, 0.25) is 0 Å². The fourth-order valence-electron chi connectivity index (χ4n) is 2.23. The van der Waals surface area contributed by atoms with Gasteiger partial charge in [-0.2, -0.15) is 0 Å². The normalized spacial score (nSPS) is 18.1. The van der Waals surface area contributed by atoms with Crippen LogP contribution in [0.15, 0.2) is 0 Å². The van der Waals surface area contributed by atoms with Gasteiger partial charge < -0.3 is 15.5 Å². The molecule has 0 aliphatic carbocycles. The maximum Gasteiger partial charge on any atom is 0.267 e. The summed E-state index contributed by atoms with van der Waals surface area (Å²) in [6.07, 6.45) is 2.08. The summed E-state index contributed by atoms with van der Waals surface area (Å²) in [6.45, 7) is 9.02.